The zero-order chi connectivity index (χ0) is 21.3. The lowest BCUT2D eigenvalue weighted by Crippen LogP contribution is -2.47. The van der Waals surface area contributed by atoms with Crippen molar-refractivity contribution in [2.75, 3.05) is 53.0 Å². The van der Waals surface area contributed by atoms with Crippen LogP contribution in [0.1, 0.15) is 39.0 Å². The number of nitrogens with zero attached hydrogens (tertiary/aromatic N) is 3. The van der Waals surface area contributed by atoms with Crippen molar-refractivity contribution in [2.45, 2.75) is 57.4 Å². The van der Waals surface area contributed by atoms with Gasteiger partial charge >= 0.3 is 6.18 Å². The SMILES string of the molecule is CCNC(=NCC(=O)N(C)CC(F)(F)F)N1CCC(OCC2CCCCO2)CC1.I. The zero-order valence-corrected chi connectivity index (χ0v) is 20.1. The molecule has 176 valence electrons. The van der Waals surface area contributed by atoms with Gasteiger partial charge in [-0.15, -0.1) is 24.0 Å². The van der Waals surface area contributed by atoms with Gasteiger partial charge in [-0.25, -0.2) is 4.99 Å². The molecule has 0 aromatic heterocycles. The van der Waals surface area contributed by atoms with Gasteiger partial charge in [-0.05, 0) is 39.0 Å². The van der Waals surface area contributed by atoms with E-state index >= 15 is 0 Å². The summed E-state index contributed by atoms with van der Waals surface area (Å²) >= 11 is 0. The quantitative estimate of drug-likeness (QED) is 0.300. The molecule has 1 N–H and O–H groups in total. The second kappa shape index (κ2) is 13.6. The summed E-state index contributed by atoms with van der Waals surface area (Å²) in [6, 6.07) is 0. The first-order valence-corrected chi connectivity index (χ1v) is 10.4. The third-order valence-electron chi connectivity index (χ3n) is 5.07. The third-order valence-corrected chi connectivity index (χ3v) is 5.07. The van der Waals surface area contributed by atoms with Gasteiger partial charge in [0.25, 0.3) is 0 Å². The predicted octanol–water partition coefficient (Wildman–Crippen LogP) is 2.64. The Balaban J connectivity index is 0.00000450. The fraction of sp³-hybridized carbons (Fsp3) is 0.895. The second-order valence-corrected chi connectivity index (χ2v) is 7.54. The number of piperidine rings is 1. The monoisotopic (exact) mass is 550 g/mol. The molecule has 0 spiro atoms. The Morgan fingerprint density at radius 3 is 2.53 bits per heavy atom. The number of nitrogens with one attached hydrogen (secondary N) is 1. The van der Waals surface area contributed by atoms with Crippen LogP contribution in [-0.2, 0) is 14.3 Å². The van der Waals surface area contributed by atoms with E-state index in [1.165, 1.54) is 6.42 Å². The van der Waals surface area contributed by atoms with E-state index in [1.54, 1.807) is 0 Å². The highest BCUT2D eigenvalue weighted by Crippen LogP contribution is 2.18. The van der Waals surface area contributed by atoms with E-state index in [2.05, 4.69) is 10.3 Å². The van der Waals surface area contributed by atoms with Crippen molar-refractivity contribution in [3.63, 3.8) is 0 Å². The Bertz CT molecular complexity index is 538. The minimum atomic E-state index is -4.41. The summed E-state index contributed by atoms with van der Waals surface area (Å²) in [7, 11) is 1.14. The van der Waals surface area contributed by atoms with Crippen molar-refractivity contribution in [3.8, 4) is 0 Å². The maximum Gasteiger partial charge on any atom is 0.406 e. The van der Waals surface area contributed by atoms with Gasteiger partial charge in [-0.1, -0.05) is 0 Å². The summed E-state index contributed by atoms with van der Waals surface area (Å²) in [6.45, 7) is 3.80. The summed E-state index contributed by atoms with van der Waals surface area (Å²) in [5, 5.41) is 3.12. The highest BCUT2D eigenvalue weighted by atomic mass is 127. The van der Waals surface area contributed by atoms with Crippen molar-refractivity contribution >= 4 is 35.8 Å². The van der Waals surface area contributed by atoms with Crippen LogP contribution in [0.5, 0.6) is 0 Å². The number of aliphatic imine (C=N–C) groups is 1. The van der Waals surface area contributed by atoms with Crippen LogP contribution in [0.15, 0.2) is 4.99 Å². The van der Waals surface area contributed by atoms with E-state index in [-0.39, 0.29) is 42.7 Å². The molecule has 0 aromatic carbocycles. The molecule has 7 nitrogen and oxygen atoms in total. The number of ether oxygens (including phenoxy) is 2. The number of likely N-dealkylation sites (N-methyl/N-ethyl adjacent to an activating group) is 1. The molecule has 0 saturated carbocycles. The van der Waals surface area contributed by atoms with E-state index in [1.807, 2.05) is 11.8 Å². The highest BCUT2D eigenvalue weighted by Gasteiger charge is 2.31. The Morgan fingerprint density at radius 2 is 1.97 bits per heavy atom. The Morgan fingerprint density at radius 1 is 1.27 bits per heavy atom. The lowest BCUT2D eigenvalue weighted by atomic mass is 10.1. The van der Waals surface area contributed by atoms with Crippen molar-refractivity contribution in [3.05, 3.63) is 0 Å². The minimum Gasteiger partial charge on any atom is -0.376 e. The van der Waals surface area contributed by atoms with E-state index in [9.17, 15) is 18.0 Å². The molecular weight excluding hydrogens is 516 g/mol. The Hall–Kier alpha value is -0.820. The van der Waals surface area contributed by atoms with Gasteiger partial charge < -0.3 is 24.6 Å². The van der Waals surface area contributed by atoms with Gasteiger partial charge in [0.1, 0.15) is 13.1 Å². The molecule has 0 bridgehead atoms. The average Bonchev–Trinajstić information content (AvgIpc) is 2.69. The van der Waals surface area contributed by atoms with Gasteiger partial charge in [-0.2, -0.15) is 13.2 Å². The molecule has 0 radical (unpaired) electrons. The minimum absolute atomic E-state index is 0. The van der Waals surface area contributed by atoms with E-state index in [0.29, 0.717) is 37.1 Å². The first kappa shape index (κ1) is 27.2. The summed E-state index contributed by atoms with van der Waals surface area (Å²) in [4.78, 5) is 18.9. The van der Waals surface area contributed by atoms with Crippen molar-refractivity contribution in [1.82, 2.24) is 15.1 Å². The first-order valence-electron chi connectivity index (χ1n) is 10.4. The molecule has 1 atom stereocenters. The van der Waals surface area contributed by atoms with Crippen molar-refractivity contribution in [1.29, 1.82) is 0 Å². The van der Waals surface area contributed by atoms with Crippen LogP contribution in [0.3, 0.4) is 0 Å². The van der Waals surface area contributed by atoms with Crippen LogP contribution in [0, 0.1) is 0 Å². The molecule has 11 heteroatoms. The Labute approximate surface area is 193 Å². The number of guanidine groups is 1. The van der Waals surface area contributed by atoms with Gasteiger partial charge in [0, 0.05) is 33.3 Å². The van der Waals surface area contributed by atoms with Crippen LogP contribution >= 0.6 is 24.0 Å². The van der Waals surface area contributed by atoms with Crippen LogP contribution in [0.4, 0.5) is 13.2 Å². The third kappa shape index (κ3) is 9.99. The first-order chi connectivity index (χ1) is 13.8. The van der Waals surface area contributed by atoms with Gasteiger partial charge in [0.15, 0.2) is 5.96 Å². The second-order valence-electron chi connectivity index (χ2n) is 7.54. The molecule has 2 rings (SSSR count). The Kier molecular flexibility index (Phi) is 12.3. The average molecular weight is 550 g/mol. The number of hydrogen-bond acceptors (Lipinski definition) is 4. The largest absolute Gasteiger partial charge is 0.406 e. The molecule has 2 saturated heterocycles. The number of rotatable bonds is 7. The van der Waals surface area contributed by atoms with E-state index in [4.69, 9.17) is 9.47 Å². The zero-order valence-electron chi connectivity index (χ0n) is 17.7. The maximum atomic E-state index is 12.4. The number of hydrogen-bond donors (Lipinski definition) is 1. The fourth-order valence-electron chi connectivity index (χ4n) is 3.46. The van der Waals surface area contributed by atoms with Crippen LogP contribution < -0.4 is 5.32 Å². The maximum absolute atomic E-state index is 12.4. The number of alkyl halides is 3. The lowest BCUT2D eigenvalue weighted by Gasteiger charge is -2.35. The molecule has 30 heavy (non-hydrogen) atoms. The van der Waals surface area contributed by atoms with Crippen LogP contribution in [0.2, 0.25) is 0 Å². The summed E-state index contributed by atoms with van der Waals surface area (Å²) in [6.07, 6.45) is 0.968. The van der Waals surface area contributed by atoms with Gasteiger partial charge in [0.2, 0.25) is 5.91 Å². The normalized spacial score (nSPS) is 21.2. The lowest BCUT2D eigenvalue weighted by molar-refractivity contribution is -0.157. The van der Waals surface area contributed by atoms with Crippen molar-refractivity contribution in [2.24, 2.45) is 4.99 Å². The summed E-state index contributed by atoms with van der Waals surface area (Å²) < 4.78 is 49.0. The highest BCUT2D eigenvalue weighted by molar-refractivity contribution is 14.0. The molecule has 2 aliphatic heterocycles. The molecule has 0 aliphatic carbocycles. The molecule has 2 aliphatic rings. The number of carbonyl (C=O) groups is 1. The molecular formula is C19H34F3IN4O3. The fourth-order valence-corrected chi connectivity index (χ4v) is 3.46. The van der Waals surface area contributed by atoms with Crippen LogP contribution in [0.25, 0.3) is 0 Å². The molecule has 1 unspecified atom stereocenters. The summed E-state index contributed by atoms with van der Waals surface area (Å²) in [5.74, 6) is -0.112. The number of likely N-dealkylation sites (tertiary alicyclic amines) is 1. The van der Waals surface area contributed by atoms with E-state index in [0.717, 1.165) is 39.3 Å². The number of carbonyl (C=O) groups excluding carboxylic acids is 1. The van der Waals surface area contributed by atoms with Crippen molar-refractivity contribution < 1.29 is 27.4 Å². The van der Waals surface area contributed by atoms with Crippen LogP contribution in [-0.4, -0.2) is 93.0 Å². The van der Waals surface area contributed by atoms with Gasteiger partial charge in [-0.3, -0.25) is 4.79 Å². The predicted molar refractivity (Wildman–Crippen MR) is 119 cm³/mol. The standard InChI is InChI=1S/C19H33F3N4O3.HI/c1-3-23-18(24-12-17(27)25(2)14-19(20,21)22)26-9-7-15(8-10-26)29-13-16-6-4-5-11-28-16;/h15-16H,3-14H2,1-2H3,(H,23,24);1H. The molecule has 1 amide bonds. The molecule has 2 heterocycles. The smallest absolute Gasteiger partial charge is 0.376 e. The number of amides is 1. The topological polar surface area (TPSA) is 66.4 Å². The molecule has 0 aromatic rings. The van der Waals surface area contributed by atoms with E-state index < -0.39 is 18.6 Å². The summed E-state index contributed by atoms with van der Waals surface area (Å²) in [5.41, 5.74) is 0. The number of halogens is 4. The molecule has 2 fully saturated rings. The van der Waals surface area contributed by atoms with Gasteiger partial charge in [0.05, 0.1) is 18.8 Å².